The molecule has 0 fully saturated rings. The number of hydrogen-bond donors (Lipinski definition) is 2. The van der Waals surface area contributed by atoms with Crippen molar-refractivity contribution in [3.05, 3.63) is 90.4 Å². The Morgan fingerprint density at radius 3 is 2.50 bits per heavy atom. The fraction of sp³-hybridized carbons (Fsp3) is 0.0455. The second-order valence-electron chi connectivity index (χ2n) is 6.31. The zero-order valence-electron chi connectivity index (χ0n) is 15.3. The minimum absolute atomic E-state index is 0.233. The maximum absolute atomic E-state index is 8.53. The van der Waals surface area contributed by atoms with Crippen LogP contribution in [-0.2, 0) is 0 Å². The fourth-order valence-electron chi connectivity index (χ4n) is 2.98. The average molecular weight is 366 g/mol. The molecule has 0 aliphatic carbocycles. The highest BCUT2D eigenvalue weighted by Gasteiger charge is 2.14. The van der Waals surface area contributed by atoms with Gasteiger partial charge in [0.2, 0.25) is 0 Å². The fourth-order valence-corrected chi connectivity index (χ4v) is 2.98. The number of pyridine rings is 4. The van der Waals surface area contributed by atoms with Crippen molar-refractivity contribution in [1.29, 1.82) is 5.41 Å². The Hall–Kier alpha value is -3.93. The van der Waals surface area contributed by atoms with Crippen molar-refractivity contribution < 1.29 is 0 Å². The van der Waals surface area contributed by atoms with Gasteiger partial charge in [-0.3, -0.25) is 20.4 Å². The highest BCUT2D eigenvalue weighted by molar-refractivity contribution is 6.29. The molecule has 28 heavy (non-hydrogen) atoms. The number of allylic oxidation sites excluding steroid dienone is 1. The number of aryl methyl sites for hydroxylation is 1. The number of hydrogen-bond acceptors (Lipinski definition) is 6. The molecule has 4 aromatic rings. The van der Waals surface area contributed by atoms with E-state index in [-0.39, 0.29) is 5.71 Å². The molecule has 0 spiro atoms. The largest absolute Gasteiger partial charge is 0.404 e. The standard InChI is InChI=1S/C22H18N6/c1-14-3-2-4-20(27-14)22(24)17(12-23)18-5-6-19-21(28-18)11-16(13-26-19)15-7-9-25-10-8-15/h2-13,24H,23H2,1H3/b17-12-,24-22?. The van der Waals surface area contributed by atoms with Crippen LogP contribution < -0.4 is 5.73 Å². The molecule has 136 valence electrons. The van der Waals surface area contributed by atoms with Crippen molar-refractivity contribution in [2.24, 2.45) is 5.73 Å². The van der Waals surface area contributed by atoms with E-state index in [4.69, 9.17) is 16.1 Å². The van der Waals surface area contributed by atoms with Gasteiger partial charge in [-0.2, -0.15) is 0 Å². The average Bonchev–Trinajstić information content (AvgIpc) is 2.74. The first-order chi connectivity index (χ1) is 13.7. The van der Waals surface area contributed by atoms with Gasteiger partial charge < -0.3 is 5.73 Å². The van der Waals surface area contributed by atoms with E-state index in [9.17, 15) is 0 Å². The van der Waals surface area contributed by atoms with Gasteiger partial charge in [0.25, 0.3) is 0 Å². The topological polar surface area (TPSA) is 101 Å². The quantitative estimate of drug-likeness (QED) is 0.536. The lowest BCUT2D eigenvalue weighted by molar-refractivity contribution is 1.17. The molecule has 6 heteroatoms. The summed E-state index contributed by atoms with van der Waals surface area (Å²) in [4.78, 5) is 17.7. The molecular formula is C22H18N6. The smallest absolute Gasteiger partial charge is 0.0905 e. The molecule has 6 nitrogen and oxygen atoms in total. The van der Waals surface area contributed by atoms with E-state index in [1.54, 1.807) is 18.5 Å². The Labute approximate surface area is 162 Å². The Bertz CT molecular complexity index is 1200. The van der Waals surface area contributed by atoms with E-state index in [1.165, 1.54) is 6.20 Å². The molecule has 0 aromatic carbocycles. The Morgan fingerprint density at radius 1 is 0.929 bits per heavy atom. The molecule has 4 aromatic heterocycles. The number of rotatable bonds is 4. The third-order valence-electron chi connectivity index (χ3n) is 4.41. The maximum atomic E-state index is 8.53. The van der Waals surface area contributed by atoms with Crippen LogP contribution in [0.5, 0.6) is 0 Å². The number of fused-ring (bicyclic) bond motifs is 1. The molecule has 0 unspecified atom stereocenters. The van der Waals surface area contributed by atoms with Crippen molar-refractivity contribution in [2.45, 2.75) is 6.92 Å². The van der Waals surface area contributed by atoms with Crippen LogP contribution in [0.2, 0.25) is 0 Å². The molecular weight excluding hydrogens is 348 g/mol. The first-order valence-corrected chi connectivity index (χ1v) is 8.78. The molecule has 0 aliphatic rings. The van der Waals surface area contributed by atoms with Gasteiger partial charge in [0, 0.05) is 41.6 Å². The Morgan fingerprint density at radius 2 is 1.75 bits per heavy atom. The van der Waals surface area contributed by atoms with E-state index < -0.39 is 0 Å². The zero-order valence-corrected chi connectivity index (χ0v) is 15.3. The molecule has 0 amide bonds. The van der Waals surface area contributed by atoms with E-state index in [1.807, 2.05) is 55.6 Å². The summed E-state index contributed by atoms with van der Waals surface area (Å²) in [5, 5.41) is 8.53. The third-order valence-corrected chi connectivity index (χ3v) is 4.41. The second kappa shape index (κ2) is 7.36. The van der Waals surface area contributed by atoms with Crippen LogP contribution in [0.25, 0.3) is 27.7 Å². The normalized spacial score (nSPS) is 11.5. The molecule has 0 aliphatic heterocycles. The van der Waals surface area contributed by atoms with Crippen LogP contribution >= 0.6 is 0 Å². The number of nitrogens with one attached hydrogen (secondary N) is 1. The minimum Gasteiger partial charge on any atom is -0.404 e. The highest BCUT2D eigenvalue weighted by Crippen LogP contribution is 2.24. The predicted octanol–water partition coefficient (Wildman–Crippen LogP) is 3.76. The molecule has 4 heterocycles. The molecule has 0 saturated carbocycles. The lowest BCUT2D eigenvalue weighted by Crippen LogP contribution is -2.09. The summed E-state index contributed by atoms with van der Waals surface area (Å²) < 4.78 is 0. The van der Waals surface area contributed by atoms with Gasteiger partial charge in [-0.25, -0.2) is 4.98 Å². The second-order valence-corrected chi connectivity index (χ2v) is 6.31. The van der Waals surface area contributed by atoms with Crippen LogP contribution in [0.4, 0.5) is 0 Å². The summed E-state index contributed by atoms with van der Waals surface area (Å²) >= 11 is 0. The molecule has 4 rings (SSSR count). The molecule has 3 N–H and O–H groups in total. The number of aromatic nitrogens is 4. The van der Waals surface area contributed by atoms with Gasteiger partial charge in [-0.1, -0.05) is 6.07 Å². The van der Waals surface area contributed by atoms with E-state index in [0.29, 0.717) is 17.0 Å². The van der Waals surface area contributed by atoms with Crippen molar-refractivity contribution >= 4 is 22.3 Å². The number of nitrogens with zero attached hydrogens (tertiary/aromatic N) is 4. The number of nitrogens with two attached hydrogens (primary N) is 1. The van der Waals surface area contributed by atoms with Crippen molar-refractivity contribution in [3.8, 4) is 11.1 Å². The van der Waals surface area contributed by atoms with Crippen molar-refractivity contribution in [2.75, 3.05) is 0 Å². The predicted molar refractivity (Wildman–Crippen MR) is 111 cm³/mol. The molecule has 0 radical (unpaired) electrons. The third kappa shape index (κ3) is 3.35. The zero-order chi connectivity index (χ0) is 19.5. The van der Waals surface area contributed by atoms with Gasteiger partial charge in [-0.15, -0.1) is 0 Å². The summed E-state index contributed by atoms with van der Waals surface area (Å²) in [6.07, 6.45) is 6.71. The first-order valence-electron chi connectivity index (χ1n) is 8.78. The SMILES string of the molecule is Cc1cccc(C(=N)/C(=C\N)c2ccc3ncc(-c4ccncc4)cc3n2)n1. The first kappa shape index (κ1) is 17.5. The summed E-state index contributed by atoms with van der Waals surface area (Å²) in [5.41, 5.74) is 12.1. The molecule has 0 atom stereocenters. The lowest BCUT2D eigenvalue weighted by atomic mass is 10.0. The van der Waals surface area contributed by atoms with Gasteiger partial charge in [0.05, 0.1) is 28.1 Å². The van der Waals surface area contributed by atoms with E-state index >= 15 is 0 Å². The van der Waals surface area contributed by atoms with E-state index in [2.05, 4.69) is 15.0 Å². The maximum Gasteiger partial charge on any atom is 0.0905 e. The van der Waals surface area contributed by atoms with Crippen LogP contribution in [0.1, 0.15) is 17.1 Å². The van der Waals surface area contributed by atoms with Crippen molar-refractivity contribution in [1.82, 2.24) is 19.9 Å². The van der Waals surface area contributed by atoms with Crippen molar-refractivity contribution in [3.63, 3.8) is 0 Å². The summed E-state index contributed by atoms with van der Waals surface area (Å²) in [6, 6.07) is 15.1. The Balaban J connectivity index is 1.76. The Kier molecular flexibility index (Phi) is 4.60. The van der Waals surface area contributed by atoms with Gasteiger partial charge in [-0.05, 0) is 55.0 Å². The summed E-state index contributed by atoms with van der Waals surface area (Å²) in [7, 11) is 0. The lowest BCUT2D eigenvalue weighted by Gasteiger charge is -2.10. The monoisotopic (exact) mass is 366 g/mol. The van der Waals surface area contributed by atoms with Crippen LogP contribution in [0, 0.1) is 12.3 Å². The van der Waals surface area contributed by atoms with Gasteiger partial charge >= 0.3 is 0 Å². The van der Waals surface area contributed by atoms with Crippen LogP contribution in [0.15, 0.2) is 73.3 Å². The molecule has 0 saturated heterocycles. The minimum atomic E-state index is 0.233. The van der Waals surface area contributed by atoms with Crippen LogP contribution in [-0.4, -0.2) is 25.6 Å². The summed E-state index contributed by atoms with van der Waals surface area (Å²) in [6.45, 7) is 1.89. The van der Waals surface area contributed by atoms with Crippen LogP contribution in [0.3, 0.4) is 0 Å². The van der Waals surface area contributed by atoms with Gasteiger partial charge in [0.15, 0.2) is 0 Å². The van der Waals surface area contributed by atoms with Gasteiger partial charge in [0.1, 0.15) is 0 Å². The molecule has 0 bridgehead atoms. The van der Waals surface area contributed by atoms with E-state index in [0.717, 1.165) is 27.9 Å². The summed E-state index contributed by atoms with van der Waals surface area (Å²) in [5.74, 6) is 0. The highest BCUT2D eigenvalue weighted by atomic mass is 14.8.